The standard InChI is InChI=1S/C17H26N2O/c1-11(2)16(15-8-6-5-7-12(15)3)19-17(20)13(4)14-9-18-10-14/h5-8,11,13-14,16,18H,9-10H2,1-4H3,(H,19,20). The van der Waals surface area contributed by atoms with Crippen molar-refractivity contribution in [2.75, 3.05) is 13.1 Å². The molecule has 2 atom stereocenters. The van der Waals surface area contributed by atoms with Gasteiger partial charge in [0.25, 0.3) is 0 Å². The summed E-state index contributed by atoms with van der Waals surface area (Å²) in [6, 6.07) is 8.41. The van der Waals surface area contributed by atoms with Gasteiger partial charge in [0.15, 0.2) is 0 Å². The Labute approximate surface area is 122 Å². The molecule has 2 N–H and O–H groups in total. The van der Waals surface area contributed by atoms with E-state index in [-0.39, 0.29) is 17.9 Å². The molecule has 3 heteroatoms. The number of aryl methyl sites for hydroxylation is 1. The lowest BCUT2D eigenvalue weighted by Gasteiger charge is -2.33. The van der Waals surface area contributed by atoms with Gasteiger partial charge in [-0.1, -0.05) is 45.0 Å². The predicted molar refractivity (Wildman–Crippen MR) is 82.4 cm³/mol. The number of carbonyl (C=O) groups is 1. The van der Waals surface area contributed by atoms with Crippen LogP contribution in [0, 0.1) is 24.7 Å². The van der Waals surface area contributed by atoms with E-state index in [0.29, 0.717) is 11.8 Å². The van der Waals surface area contributed by atoms with Gasteiger partial charge >= 0.3 is 0 Å². The van der Waals surface area contributed by atoms with Crippen LogP contribution < -0.4 is 10.6 Å². The normalized spacial score (nSPS) is 18.4. The van der Waals surface area contributed by atoms with E-state index in [1.54, 1.807) is 0 Å². The second-order valence-electron chi connectivity index (χ2n) is 6.29. The summed E-state index contributed by atoms with van der Waals surface area (Å²) < 4.78 is 0. The summed E-state index contributed by atoms with van der Waals surface area (Å²) in [4.78, 5) is 12.4. The third-order valence-electron chi connectivity index (χ3n) is 4.42. The van der Waals surface area contributed by atoms with Gasteiger partial charge in [-0.2, -0.15) is 0 Å². The highest BCUT2D eigenvalue weighted by Gasteiger charge is 2.30. The van der Waals surface area contributed by atoms with E-state index in [4.69, 9.17) is 0 Å². The van der Waals surface area contributed by atoms with E-state index in [9.17, 15) is 4.79 Å². The molecule has 0 radical (unpaired) electrons. The molecule has 1 aromatic carbocycles. The van der Waals surface area contributed by atoms with E-state index in [1.807, 2.05) is 19.1 Å². The van der Waals surface area contributed by atoms with Crippen LogP contribution in [0.3, 0.4) is 0 Å². The molecule has 0 aliphatic carbocycles. The first-order valence-electron chi connectivity index (χ1n) is 7.57. The zero-order valence-corrected chi connectivity index (χ0v) is 12.9. The molecule has 1 aliphatic rings. The zero-order chi connectivity index (χ0) is 14.7. The van der Waals surface area contributed by atoms with Gasteiger partial charge in [-0.15, -0.1) is 0 Å². The van der Waals surface area contributed by atoms with E-state index in [0.717, 1.165) is 13.1 Å². The second-order valence-corrected chi connectivity index (χ2v) is 6.29. The Bertz CT molecular complexity index is 466. The lowest BCUT2D eigenvalue weighted by atomic mass is 9.87. The first-order valence-corrected chi connectivity index (χ1v) is 7.57. The topological polar surface area (TPSA) is 41.1 Å². The largest absolute Gasteiger partial charge is 0.349 e. The van der Waals surface area contributed by atoms with Crippen LogP contribution in [0.1, 0.15) is 37.9 Å². The Morgan fingerprint density at radius 2 is 1.90 bits per heavy atom. The van der Waals surface area contributed by atoms with Gasteiger partial charge in [-0.05, 0) is 43.0 Å². The minimum atomic E-state index is 0.0847. The van der Waals surface area contributed by atoms with Crippen LogP contribution in [0.2, 0.25) is 0 Å². The summed E-state index contributed by atoms with van der Waals surface area (Å²) in [7, 11) is 0. The number of hydrogen-bond donors (Lipinski definition) is 2. The van der Waals surface area contributed by atoms with Crippen molar-refractivity contribution in [3.63, 3.8) is 0 Å². The Balaban J connectivity index is 2.10. The fourth-order valence-electron chi connectivity index (χ4n) is 2.70. The molecule has 0 aromatic heterocycles. The van der Waals surface area contributed by atoms with Crippen LogP contribution in [0.4, 0.5) is 0 Å². The summed E-state index contributed by atoms with van der Waals surface area (Å²) in [5.74, 6) is 1.13. The summed E-state index contributed by atoms with van der Waals surface area (Å²) in [5, 5.41) is 6.49. The van der Waals surface area contributed by atoms with E-state index < -0.39 is 0 Å². The van der Waals surface area contributed by atoms with Gasteiger partial charge in [0.05, 0.1) is 6.04 Å². The number of carbonyl (C=O) groups excluding carboxylic acids is 1. The van der Waals surface area contributed by atoms with Crippen molar-refractivity contribution in [2.24, 2.45) is 17.8 Å². The average molecular weight is 274 g/mol. The molecule has 1 aliphatic heterocycles. The number of amides is 1. The number of hydrogen-bond acceptors (Lipinski definition) is 2. The first-order chi connectivity index (χ1) is 9.50. The maximum absolute atomic E-state index is 12.4. The first kappa shape index (κ1) is 15.0. The molecule has 3 nitrogen and oxygen atoms in total. The van der Waals surface area contributed by atoms with Crippen molar-refractivity contribution >= 4 is 5.91 Å². The SMILES string of the molecule is Cc1ccccc1C(NC(=O)C(C)C1CNC1)C(C)C. The molecule has 2 rings (SSSR count). The van der Waals surface area contributed by atoms with Gasteiger partial charge in [0, 0.05) is 5.92 Å². The highest BCUT2D eigenvalue weighted by atomic mass is 16.1. The highest BCUT2D eigenvalue weighted by molar-refractivity contribution is 5.79. The predicted octanol–water partition coefficient (Wildman–Crippen LogP) is 2.66. The van der Waals surface area contributed by atoms with Gasteiger partial charge in [0.1, 0.15) is 0 Å². The van der Waals surface area contributed by atoms with Crippen molar-refractivity contribution in [3.05, 3.63) is 35.4 Å². The van der Waals surface area contributed by atoms with Crippen molar-refractivity contribution in [2.45, 2.75) is 33.7 Å². The van der Waals surface area contributed by atoms with Crippen LogP contribution in [0.25, 0.3) is 0 Å². The molecule has 1 fully saturated rings. The lowest BCUT2D eigenvalue weighted by molar-refractivity contribution is -0.127. The van der Waals surface area contributed by atoms with E-state index >= 15 is 0 Å². The zero-order valence-electron chi connectivity index (χ0n) is 12.9. The molecule has 110 valence electrons. The van der Waals surface area contributed by atoms with Crippen LogP contribution in [0.15, 0.2) is 24.3 Å². The molecular weight excluding hydrogens is 248 g/mol. The third kappa shape index (κ3) is 3.21. The lowest BCUT2D eigenvalue weighted by Crippen LogP contribution is -2.50. The molecule has 1 amide bonds. The molecule has 0 saturated carbocycles. The van der Waals surface area contributed by atoms with Crippen molar-refractivity contribution in [1.82, 2.24) is 10.6 Å². The molecular formula is C17H26N2O. The Morgan fingerprint density at radius 3 is 2.40 bits per heavy atom. The fraction of sp³-hybridized carbons (Fsp3) is 0.588. The number of nitrogens with one attached hydrogen (secondary N) is 2. The molecule has 1 saturated heterocycles. The van der Waals surface area contributed by atoms with Crippen LogP contribution >= 0.6 is 0 Å². The fourth-order valence-corrected chi connectivity index (χ4v) is 2.70. The molecule has 0 bridgehead atoms. The summed E-state index contributed by atoms with van der Waals surface area (Å²) in [6.45, 7) is 10.4. The summed E-state index contributed by atoms with van der Waals surface area (Å²) >= 11 is 0. The van der Waals surface area contributed by atoms with Gasteiger partial charge in [-0.3, -0.25) is 4.79 Å². The van der Waals surface area contributed by atoms with Crippen LogP contribution in [-0.4, -0.2) is 19.0 Å². The maximum Gasteiger partial charge on any atom is 0.223 e. The summed E-state index contributed by atoms with van der Waals surface area (Å²) in [6.07, 6.45) is 0. The van der Waals surface area contributed by atoms with Gasteiger partial charge in [0.2, 0.25) is 5.91 Å². The number of rotatable bonds is 5. The van der Waals surface area contributed by atoms with E-state index in [1.165, 1.54) is 11.1 Å². The molecule has 0 spiro atoms. The second kappa shape index (κ2) is 6.40. The van der Waals surface area contributed by atoms with Crippen molar-refractivity contribution in [3.8, 4) is 0 Å². The quantitative estimate of drug-likeness (QED) is 0.866. The van der Waals surface area contributed by atoms with Gasteiger partial charge in [-0.25, -0.2) is 0 Å². The summed E-state index contributed by atoms with van der Waals surface area (Å²) in [5.41, 5.74) is 2.47. The molecule has 1 aromatic rings. The Morgan fingerprint density at radius 1 is 1.25 bits per heavy atom. The number of benzene rings is 1. The van der Waals surface area contributed by atoms with Gasteiger partial charge < -0.3 is 10.6 Å². The Hall–Kier alpha value is -1.35. The van der Waals surface area contributed by atoms with Crippen molar-refractivity contribution in [1.29, 1.82) is 0 Å². The van der Waals surface area contributed by atoms with Crippen LogP contribution in [0.5, 0.6) is 0 Å². The van der Waals surface area contributed by atoms with Crippen molar-refractivity contribution < 1.29 is 4.79 Å². The minimum Gasteiger partial charge on any atom is -0.349 e. The molecule has 2 unspecified atom stereocenters. The smallest absolute Gasteiger partial charge is 0.223 e. The van der Waals surface area contributed by atoms with Crippen LogP contribution in [-0.2, 0) is 4.79 Å². The Kier molecular flexibility index (Phi) is 4.81. The molecule has 1 heterocycles. The van der Waals surface area contributed by atoms with E-state index in [2.05, 4.69) is 43.5 Å². The highest BCUT2D eigenvalue weighted by Crippen LogP contribution is 2.26. The molecule has 20 heavy (non-hydrogen) atoms. The maximum atomic E-state index is 12.4. The average Bonchev–Trinajstić information content (AvgIpc) is 2.34. The minimum absolute atomic E-state index is 0.0847. The monoisotopic (exact) mass is 274 g/mol. The third-order valence-corrected chi connectivity index (χ3v) is 4.42.